The largest absolute Gasteiger partial charge is 0.497 e. The van der Waals surface area contributed by atoms with Gasteiger partial charge in [0.25, 0.3) is 0 Å². The minimum Gasteiger partial charge on any atom is -0.497 e. The van der Waals surface area contributed by atoms with Crippen LogP contribution in [0.3, 0.4) is 0 Å². The van der Waals surface area contributed by atoms with E-state index >= 15 is 0 Å². The predicted octanol–water partition coefficient (Wildman–Crippen LogP) is 1.28. The van der Waals surface area contributed by atoms with Gasteiger partial charge >= 0.3 is 0 Å². The van der Waals surface area contributed by atoms with Gasteiger partial charge in [0.1, 0.15) is 17.6 Å². The molecule has 1 aromatic rings. The molecule has 2 unspecified atom stereocenters. The molecule has 0 spiro atoms. The fourth-order valence-electron chi connectivity index (χ4n) is 3.96. The van der Waals surface area contributed by atoms with Crippen molar-refractivity contribution in [2.45, 2.75) is 32.4 Å². The second-order valence-corrected chi connectivity index (χ2v) is 7.88. The Hall–Kier alpha value is -2.32. The molecule has 3 rings (SSSR count). The molecule has 8 nitrogen and oxygen atoms in total. The standard InChI is InChI=1S/C22H33N3O5/c1-4-18-15-24(13-16-11-19(29-3)5-6-20(16)30-18)8-7-23-22(27)17-12-21(26)25(14-17)9-10-28-2/h5-6,11,17-18H,4,7-10,12-15H2,1-3H3,(H,23,27). The van der Waals surface area contributed by atoms with E-state index in [0.717, 1.165) is 43.1 Å². The van der Waals surface area contributed by atoms with Crippen molar-refractivity contribution in [1.82, 2.24) is 15.1 Å². The number of carbonyl (C=O) groups excluding carboxylic acids is 2. The number of likely N-dealkylation sites (tertiary alicyclic amines) is 1. The molecule has 30 heavy (non-hydrogen) atoms. The lowest BCUT2D eigenvalue weighted by Gasteiger charge is -2.23. The normalized spacial score (nSPS) is 21.7. The molecule has 2 heterocycles. The van der Waals surface area contributed by atoms with E-state index in [4.69, 9.17) is 14.2 Å². The number of rotatable bonds is 9. The van der Waals surface area contributed by atoms with E-state index in [0.29, 0.717) is 26.2 Å². The highest BCUT2D eigenvalue weighted by molar-refractivity contribution is 5.89. The summed E-state index contributed by atoms with van der Waals surface area (Å²) in [6.45, 7) is 6.41. The molecular weight excluding hydrogens is 386 g/mol. The van der Waals surface area contributed by atoms with Crippen LogP contribution in [-0.4, -0.2) is 81.3 Å². The Bertz CT molecular complexity index is 741. The molecule has 1 N–H and O–H groups in total. The van der Waals surface area contributed by atoms with Crippen LogP contribution in [0.5, 0.6) is 11.5 Å². The van der Waals surface area contributed by atoms with Gasteiger partial charge in [-0.1, -0.05) is 6.92 Å². The van der Waals surface area contributed by atoms with Gasteiger partial charge in [0, 0.05) is 58.4 Å². The third-order valence-corrected chi connectivity index (χ3v) is 5.75. The topological polar surface area (TPSA) is 80.3 Å². The first kappa shape index (κ1) is 22.4. The van der Waals surface area contributed by atoms with Crippen LogP contribution in [0, 0.1) is 5.92 Å². The SMILES string of the molecule is CCC1CN(CCNC(=O)C2CC(=O)N(CCOC)C2)Cc2cc(OC)ccc2O1. The van der Waals surface area contributed by atoms with Gasteiger partial charge in [0.2, 0.25) is 11.8 Å². The Morgan fingerprint density at radius 3 is 2.83 bits per heavy atom. The molecule has 0 radical (unpaired) electrons. The van der Waals surface area contributed by atoms with E-state index < -0.39 is 0 Å². The molecule has 2 amide bonds. The van der Waals surface area contributed by atoms with Crippen LogP contribution in [0.15, 0.2) is 18.2 Å². The van der Waals surface area contributed by atoms with Crippen molar-refractivity contribution >= 4 is 11.8 Å². The zero-order chi connectivity index (χ0) is 21.5. The first-order chi connectivity index (χ1) is 14.5. The minimum absolute atomic E-state index is 0.0215. The van der Waals surface area contributed by atoms with E-state index in [-0.39, 0.29) is 30.3 Å². The lowest BCUT2D eigenvalue weighted by molar-refractivity contribution is -0.129. The van der Waals surface area contributed by atoms with Gasteiger partial charge in [-0.2, -0.15) is 0 Å². The second kappa shape index (κ2) is 10.6. The van der Waals surface area contributed by atoms with Crippen LogP contribution in [-0.2, 0) is 20.9 Å². The van der Waals surface area contributed by atoms with Crippen LogP contribution in [0.25, 0.3) is 0 Å². The van der Waals surface area contributed by atoms with E-state index in [1.165, 1.54) is 0 Å². The van der Waals surface area contributed by atoms with Gasteiger partial charge in [0.15, 0.2) is 0 Å². The third-order valence-electron chi connectivity index (χ3n) is 5.75. The molecule has 8 heteroatoms. The first-order valence-corrected chi connectivity index (χ1v) is 10.6. The lowest BCUT2D eigenvalue weighted by atomic mass is 10.1. The molecule has 2 atom stereocenters. The van der Waals surface area contributed by atoms with E-state index in [1.54, 1.807) is 19.1 Å². The van der Waals surface area contributed by atoms with Gasteiger partial charge in [-0.25, -0.2) is 0 Å². The van der Waals surface area contributed by atoms with Gasteiger partial charge in [-0.05, 0) is 24.6 Å². The van der Waals surface area contributed by atoms with Crippen molar-refractivity contribution < 1.29 is 23.8 Å². The Morgan fingerprint density at radius 2 is 2.10 bits per heavy atom. The second-order valence-electron chi connectivity index (χ2n) is 7.88. The zero-order valence-corrected chi connectivity index (χ0v) is 18.2. The van der Waals surface area contributed by atoms with Crippen molar-refractivity contribution in [2.24, 2.45) is 5.92 Å². The van der Waals surface area contributed by atoms with E-state index in [9.17, 15) is 9.59 Å². The fraction of sp³-hybridized carbons (Fsp3) is 0.636. The molecule has 2 aliphatic heterocycles. The average molecular weight is 420 g/mol. The van der Waals surface area contributed by atoms with Gasteiger partial charge in [-0.3, -0.25) is 14.5 Å². The number of amides is 2. The summed E-state index contributed by atoms with van der Waals surface area (Å²) in [7, 11) is 3.27. The molecular formula is C22H33N3O5. The molecule has 1 fully saturated rings. The number of nitrogens with zero attached hydrogens (tertiary/aromatic N) is 2. The summed E-state index contributed by atoms with van der Waals surface area (Å²) in [6.07, 6.45) is 1.30. The molecule has 0 aliphatic carbocycles. The van der Waals surface area contributed by atoms with Crippen LogP contribution in [0.1, 0.15) is 25.3 Å². The summed E-state index contributed by atoms with van der Waals surface area (Å²) < 4.78 is 16.5. The fourth-order valence-corrected chi connectivity index (χ4v) is 3.96. The highest BCUT2D eigenvalue weighted by atomic mass is 16.5. The van der Waals surface area contributed by atoms with Crippen LogP contribution in [0.2, 0.25) is 0 Å². The molecule has 0 saturated carbocycles. The molecule has 1 aromatic carbocycles. The van der Waals surface area contributed by atoms with Crippen LogP contribution in [0.4, 0.5) is 0 Å². The maximum atomic E-state index is 12.5. The molecule has 166 valence electrons. The number of ether oxygens (including phenoxy) is 3. The summed E-state index contributed by atoms with van der Waals surface area (Å²) in [6, 6.07) is 5.90. The zero-order valence-electron chi connectivity index (χ0n) is 18.2. The van der Waals surface area contributed by atoms with Crippen molar-refractivity contribution in [3.63, 3.8) is 0 Å². The summed E-state index contributed by atoms with van der Waals surface area (Å²) in [5.74, 6) is 1.39. The summed E-state index contributed by atoms with van der Waals surface area (Å²) in [4.78, 5) is 28.6. The Kier molecular flexibility index (Phi) is 7.93. The summed E-state index contributed by atoms with van der Waals surface area (Å²) >= 11 is 0. The predicted molar refractivity (Wildman–Crippen MR) is 113 cm³/mol. The lowest BCUT2D eigenvalue weighted by Crippen LogP contribution is -2.40. The van der Waals surface area contributed by atoms with Crippen molar-refractivity contribution in [2.75, 3.05) is 53.6 Å². The minimum atomic E-state index is -0.282. The van der Waals surface area contributed by atoms with Crippen molar-refractivity contribution in [3.05, 3.63) is 23.8 Å². The number of fused-ring (bicyclic) bond motifs is 1. The maximum Gasteiger partial charge on any atom is 0.225 e. The van der Waals surface area contributed by atoms with Crippen LogP contribution < -0.4 is 14.8 Å². The Morgan fingerprint density at radius 1 is 1.27 bits per heavy atom. The van der Waals surface area contributed by atoms with Crippen molar-refractivity contribution in [3.8, 4) is 11.5 Å². The molecule has 0 bridgehead atoms. The average Bonchev–Trinajstić information content (AvgIpc) is 3.02. The first-order valence-electron chi connectivity index (χ1n) is 10.6. The highest BCUT2D eigenvalue weighted by Crippen LogP contribution is 2.29. The number of carbonyl (C=O) groups is 2. The molecule has 0 aromatic heterocycles. The smallest absolute Gasteiger partial charge is 0.225 e. The van der Waals surface area contributed by atoms with Gasteiger partial charge in [-0.15, -0.1) is 0 Å². The quantitative estimate of drug-likeness (QED) is 0.650. The number of hydrogen-bond acceptors (Lipinski definition) is 6. The van der Waals surface area contributed by atoms with Crippen molar-refractivity contribution in [1.29, 1.82) is 0 Å². The van der Waals surface area contributed by atoms with E-state index in [1.807, 2.05) is 18.2 Å². The molecule has 2 aliphatic rings. The number of nitrogens with one attached hydrogen (secondary N) is 1. The highest BCUT2D eigenvalue weighted by Gasteiger charge is 2.34. The van der Waals surface area contributed by atoms with Gasteiger partial charge in [0.05, 0.1) is 19.6 Å². The Balaban J connectivity index is 1.52. The number of methoxy groups -OCH3 is 2. The molecule has 1 saturated heterocycles. The monoisotopic (exact) mass is 419 g/mol. The maximum absolute atomic E-state index is 12.5. The third kappa shape index (κ3) is 5.64. The van der Waals surface area contributed by atoms with Crippen LogP contribution >= 0.6 is 0 Å². The van der Waals surface area contributed by atoms with Gasteiger partial charge < -0.3 is 24.4 Å². The summed E-state index contributed by atoms with van der Waals surface area (Å²) in [5.41, 5.74) is 1.09. The number of benzene rings is 1. The summed E-state index contributed by atoms with van der Waals surface area (Å²) in [5, 5.41) is 3.01. The number of hydrogen-bond donors (Lipinski definition) is 1. The van der Waals surface area contributed by atoms with E-state index in [2.05, 4.69) is 17.1 Å². The Labute approximate surface area is 178 Å².